The van der Waals surface area contributed by atoms with E-state index in [2.05, 4.69) is 10.3 Å². The summed E-state index contributed by atoms with van der Waals surface area (Å²) in [6, 6.07) is 7.58. The van der Waals surface area contributed by atoms with Crippen LogP contribution in [0.2, 0.25) is 5.02 Å². The van der Waals surface area contributed by atoms with Crippen LogP contribution in [0.25, 0.3) is 0 Å². The molecule has 1 aromatic carbocycles. The van der Waals surface area contributed by atoms with Gasteiger partial charge < -0.3 is 9.88 Å². The van der Waals surface area contributed by atoms with E-state index in [1.165, 1.54) is 0 Å². The molecule has 4 nitrogen and oxygen atoms in total. The largest absolute Gasteiger partial charge is 0.347 e. The molecular formula is C17H22ClN3O. The Morgan fingerprint density at radius 3 is 2.64 bits per heavy atom. The highest BCUT2D eigenvalue weighted by atomic mass is 35.5. The summed E-state index contributed by atoms with van der Waals surface area (Å²) in [5, 5.41) is 3.78. The van der Waals surface area contributed by atoms with Gasteiger partial charge in [0.15, 0.2) is 0 Å². The van der Waals surface area contributed by atoms with E-state index in [1.807, 2.05) is 48.9 Å². The Morgan fingerprint density at radius 2 is 2.00 bits per heavy atom. The van der Waals surface area contributed by atoms with Gasteiger partial charge in [0.05, 0.1) is 11.9 Å². The van der Waals surface area contributed by atoms with Crippen molar-refractivity contribution in [3.8, 4) is 0 Å². The van der Waals surface area contributed by atoms with Crippen molar-refractivity contribution in [2.24, 2.45) is 0 Å². The number of unbranched alkanes of at least 4 members (excludes halogenated alkanes) is 1. The molecule has 0 saturated carbocycles. The summed E-state index contributed by atoms with van der Waals surface area (Å²) in [6.45, 7) is 4.90. The van der Waals surface area contributed by atoms with Gasteiger partial charge in [0.1, 0.15) is 0 Å². The number of aryl methyl sites for hydroxylation is 1. The van der Waals surface area contributed by atoms with Gasteiger partial charge in [0, 0.05) is 30.4 Å². The van der Waals surface area contributed by atoms with Gasteiger partial charge in [0.2, 0.25) is 5.91 Å². The lowest BCUT2D eigenvalue weighted by Gasteiger charge is -2.27. The van der Waals surface area contributed by atoms with Crippen molar-refractivity contribution in [3.63, 3.8) is 0 Å². The third-order valence-corrected chi connectivity index (χ3v) is 3.90. The van der Waals surface area contributed by atoms with Gasteiger partial charge in [-0.1, -0.05) is 23.7 Å². The van der Waals surface area contributed by atoms with E-state index >= 15 is 0 Å². The van der Waals surface area contributed by atoms with E-state index < -0.39 is 5.54 Å². The van der Waals surface area contributed by atoms with Crippen molar-refractivity contribution in [1.29, 1.82) is 0 Å². The minimum absolute atomic E-state index is 0.0746. The fourth-order valence-corrected chi connectivity index (χ4v) is 2.47. The molecule has 1 heterocycles. The summed E-state index contributed by atoms with van der Waals surface area (Å²) in [4.78, 5) is 16.1. The molecule has 0 fully saturated rings. The van der Waals surface area contributed by atoms with Crippen molar-refractivity contribution in [2.75, 3.05) is 0 Å². The molecule has 0 atom stereocenters. The molecule has 1 aromatic heterocycles. The minimum Gasteiger partial charge on any atom is -0.347 e. The first-order valence-corrected chi connectivity index (χ1v) is 7.88. The molecule has 0 radical (unpaired) electrons. The van der Waals surface area contributed by atoms with E-state index in [-0.39, 0.29) is 5.91 Å². The Labute approximate surface area is 136 Å². The van der Waals surface area contributed by atoms with Crippen molar-refractivity contribution >= 4 is 17.5 Å². The molecule has 22 heavy (non-hydrogen) atoms. The molecular weight excluding hydrogens is 298 g/mol. The zero-order valence-electron chi connectivity index (χ0n) is 13.1. The first-order valence-electron chi connectivity index (χ1n) is 7.50. The Morgan fingerprint density at radius 1 is 1.27 bits per heavy atom. The van der Waals surface area contributed by atoms with E-state index in [4.69, 9.17) is 11.6 Å². The maximum absolute atomic E-state index is 12.1. The normalized spacial score (nSPS) is 11.4. The van der Waals surface area contributed by atoms with E-state index in [1.54, 1.807) is 12.5 Å². The SMILES string of the molecule is CC(C)(NC(=O)CCCCn1ccnc1)c1ccc(Cl)cc1. The summed E-state index contributed by atoms with van der Waals surface area (Å²) in [6.07, 6.45) is 7.85. The summed E-state index contributed by atoms with van der Waals surface area (Å²) in [5.41, 5.74) is 0.648. The Kier molecular flexibility index (Phi) is 5.61. The highest BCUT2D eigenvalue weighted by Crippen LogP contribution is 2.22. The molecule has 1 amide bonds. The number of benzene rings is 1. The summed E-state index contributed by atoms with van der Waals surface area (Å²) < 4.78 is 2.02. The third kappa shape index (κ3) is 4.88. The first kappa shape index (κ1) is 16.6. The number of imidazole rings is 1. The molecule has 2 rings (SSSR count). The molecule has 1 N–H and O–H groups in total. The number of carbonyl (C=O) groups excluding carboxylic acids is 1. The Balaban J connectivity index is 1.76. The van der Waals surface area contributed by atoms with Crippen LogP contribution in [0.4, 0.5) is 0 Å². The lowest BCUT2D eigenvalue weighted by molar-refractivity contribution is -0.122. The topological polar surface area (TPSA) is 46.9 Å². The highest BCUT2D eigenvalue weighted by Gasteiger charge is 2.22. The van der Waals surface area contributed by atoms with Crippen LogP contribution in [0.5, 0.6) is 0 Å². The molecule has 0 aliphatic rings. The van der Waals surface area contributed by atoms with Crippen LogP contribution in [-0.4, -0.2) is 15.5 Å². The average molecular weight is 320 g/mol. The van der Waals surface area contributed by atoms with Crippen LogP contribution in [0, 0.1) is 0 Å². The number of nitrogens with zero attached hydrogens (tertiary/aromatic N) is 2. The van der Waals surface area contributed by atoms with E-state index in [0.717, 1.165) is 24.9 Å². The van der Waals surface area contributed by atoms with E-state index in [9.17, 15) is 4.79 Å². The van der Waals surface area contributed by atoms with E-state index in [0.29, 0.717) is 11.4 Å². The van der Waals surface area contributed by atoms with Crippen LogP contribution in [0.1, 0.15) is 38.7 Å². The summed E-state index contributed by atoms with van der Waals surface area (Å²) in [7, 11) is 0. The fourth-order valence-electron chi connectivity index (χ4n) is 2.35. The molecule has 2 aromatic rings. The molecule has 0 saturated heterocycles. The molecule has 0 spiro atoms. The number of aromatic nitrogens is 2. The zero-order valence-corrected chi connectivity index (χ0v) is 13.8. The second kappa shape index (κ2) is 7.45. The van der Waals surface area contributed by atoms with Gasteiger partial charge in [0.25, 0.3) is 0 Å². The number of nitrogens with one attached hydrogen (secondary N) is 1. The van der Waals surface area contributed by atoms with Crippen molar-refractivity contribution in [3.05, 3.63) is 53.6 Å². The minimum atomic E-state index is -0.397. The molecule has 118 valence electrons. The average Bonchev–Trinajstić information content (AvgIpc) is 2.97. The summed E-state index contributed by atoms with van der Waals surface area (Å²) in [5.74, 6) is 0.0746. The van der Waals surface area contributed by atoms with Crippen LogP contribution in [0.15, 0.2) is 43.0 Å². The Bertz CT molecular complexity index is 591. The van der Waals surface area contributed by atoms with Crippen LogP contribution < -0.4 is 5.32 Å². The van der Waals surface area contributed by atoms with Gasteiger partial charge in [-0.05, 0) is 44.4 Å². The maximum Gasteiger partial charge on any atom is 0.220 e. The zero-order chi connectivity index (χ0) is 16.0. The standard InChI is InChI=1S/C17H22ClN3O/c1-17(2,14-6-8-15(18)9-7-14)20-16(22)5-3-4-11-21-12-10-19-13-21/h6-10,12-13H,3-5,11H2,1-2H3,(H,20,22). The second-order valence-corrected chi connectivity index (χ2v) is 6.37. The fraction of sp³-hybridized carbons (Fsp3) is 0.412. The van der Waals surface area contributed by atoms with Crippen molar-refractivity contribution < 1.29 is 4.79 Å². The second-order valence-electron chi connectivity index (χ2n) is 5.94. The third-order valence-electron chi connectivity index (χ3n) is 3.65. The van der Waals surface area contributed by atoms with Crippen molar-refractivity contribution in [2.45, 2.75) is 45.2 Å². The lowest BCUT2D eigenvalue weighted by atomic mass is 9.94. The van der Waals surface area contributed by atoms with Gasteiger partial charge in [-0.3, -0.25) is 4.79 Å². The number of carbonyl (C=O) groups is 1. The Hall–Kier alpha value is -1.81. The number of hydrogen-bond donors (Lipinski definition) is 1. The number of hydrogen-bond acceptors (Lipinski definition) is 2. The molecule has 0 bridgehead atoms. The van der Waals surface area contributed by atoms with Gasteiger partial charge >= 0.3 is 0 Å². The lowest BCUT2D eigenvalue weighted by Crippen LogP contribution is -2.40. The molecule has 0 unspecified atom stereocenters. The van der Waals surface area contributed by atoms with Crippen LogP contribution in [-0.2, 0) is 16.9 Å². The van der Waals surface area contributed by atoms with Gasteiger partial charge in [-0.15, -0.1) is 0 Å². The van der Waals surface area contributed by atoms with Gasteiger partial charge in [-0.25, -0.2) is 4.98 Å². The van der Waals surface area contributed by atoms with Crippen LogP contribution in [0.3, 0.4) is 0 Å². The highest BCUT2D eigenvalue weighted by molar-refractivity contribution is 6.30. The first-order chi connectivity index (χ1) is 10.5. The smallest absolute Gasteiger partial charge is 0.220 e. The molecule has 5 heteroatoms. The number of amides is 1. The predicted octanol–water partition coefficient (Wildman–Crippen LogP) is 3.76. The van der Waals surface area contributed by atoms with Gasteiger partial charge in [-0.2, -0.15) is 0 Å². The maximum atomic E-state index is 12.1. The van der Waals surface area contributed by atoms with Crippen LogP contribution >= 0.6 is 11.6 Å². The summed E-state index contributed by atoms with van der Waals surface area (Å²) >= 11 is 5.90. The monoisotopic (exact) mass is 319 g/mol. The molecule has 0 aliphatic heterocycles. The number of rotatable bonds is 7. The quantitative estimate of drug-likeness (QED) is 0.790. The number of halogens is 1. The predicted molar refractivity (Wildman–Crippen MR) is 88.7 cm³/mol. The molecule has 0 aliphatic carbocycles. The van der Waals surface area contributed by atoms with Crippen molar-refractivity contribution in [1.82, 2.24) is 14.9 Å².